The molecule has 2 rings (SSSR count). The first-order valence-electron chi connectivity index (χ1n) is 6.35. The van der Waals surface area contributed by atoms with Crippen molar-refractivity contribution in [2.24, 2.45) is 0 Å². The number of hydrogen-bond donors (Lipinski definition) is 1. The van der Waals surface area contributed by atoms with Gasteiger partial charge in [0.1, 0.15) is 0 Å². The number of thiophene rings is 2. The maximum Gasteiger partial charge on any atom is 0.0570 e. The van der Waals surface area contributed by atoms with Crippen LogP contribution in [0.4, 0.5) is 0 Å². The average molecular weight is 303 g/mol. The highest BCUT2D eigenvalue weighted by Crippen LogP contribution is 2.17. The summed E-state index contributed by atoms with van der Waals surface area (Å²) in [5.74, 6) is 0. The summed E-state index contributed by atoms with van der Waals surface area (Å²) in [5, 5.41) is 2.08. The molecule has 0 aliphatic heterocycles. The lowest BCUT2D eigenvalue weighted by molar-refractivity contribution is 1.09. The monoisotopic (exact) mass is 302 g/mol. The second-order valence-electron chi connectivity index (χ2n) is 3.32. The Kier molecular flexibility index (Phi) is 16.5. The molecule has 0 amide bonds. The van der Waals surface area contributed by atoms with Crippen LogP contribution >= 0.6 is 35.3 Å². The molecule has 3 heteroatoms. The fourth-order valence-corrected chi connectivity index (χ4v) is 2.42. The van der Waals surface area contributed by atoms with E-state index in [1.165, 1.54) is 16.2 Å². The van der Waals surface area contributed by atoms with Crippen LogP contribution in [0.5, 0.6) is 0 Å². The number of aryl methyl sites for hydroxylation is 2. The molecule has 2 aromatic rings. The molecular formula is C15H26S3. The maximum atomic E-state index is 4.12. The Bertz CT molecular complexity index is 331. The molecule has 0 saturated heterocycles. The molecule has 0 N–H and O–H groups in total. The van der Waals surface area contributed by atoms with Crippen molar-refractivity contribution in [3.05, 3.63) is 39.4 Å². The summed E-state index contributed by atoms with van der Waals surface area (Å²) in [4.78, 5) is 2.71. The standard InChI is InChI=1S/C5H6S2.C5H6S.C3H8.C2H6/c1-4-2-3-5(6)7-4;1-5-3-2-4-6-5;1-3-2;1-2/h2-3,6H,1H3;2-4H,1H3;3H2,1-2H3;1-2H3. The van der Waals surface area contributed by atoms with Crippen LogP contribution in [-0.2, 0) is 0 Å². The van der Waals surface area contributed by atoms with Gasteiger partial charge in [-0.05, 0) is 37.4 Å². The van der Waals surface area contributed by atoms with Crippen LogP contribution < -0.4 is 0 Å². The fraction of sp³-hybridized carbons (Fsp3) is 0.467. The summed E-state index contributed by atoms with van der Waals surface area (Å²) in [6.07, 6.45) is 1.25. The lowest BCUT2D eigenvalue weighted by Gasteiger charge is -1.70. The fourth-order valence-electron chi connectivity index (χ4n) is 0.782. The molecule has 0 fully saturated rings. The first kappa shape index (κ1) is 20.1. The van der Waals surface area contributed by atoms with E-state index < -0.39 is 0 Å². The molecule has 2 heterocycles. The van der Waals surface area contributed by atoms with E-state index in [0.717, 1.165) is 4.21 Å². The van der Waals surface area contributed by atoms with E-state index in [1.807, 2.05) is 19.9 Å². The Labute approximate surface area is 126 Å². The lowest BCUT2D eigenvalue weighted by Crippen LogP contribution is -1.43. The van der Waals surface area contributed by atoms with Gasteiger partial charge in [-0.1, -0.05) is 40.2 Å². The van der Waals surface area contributed by atoms with E-state index in [0.29, 0.717) is 0 Å². The molecule has 0 nitrogen and oxygen atoms in total. The van der Waals surface area contributed by atoms with Crippen LogP contribution in [0.15, 0.2) is 33.9 Å². The molecule has 18 heavy (non-hydrogen) atoms. The van der Waals surface area contributed by atoms with Gasteiger partial charge in [0.25, 0.3) is 0 Å². The topological polar surface area (TPSA) is 0 Å². The second kappa shape index (κ2) is 14.8. The summed E-state index contributed by atoms with van der Waals surface area (Å²) in [5.41, 5.74) is 0. The minimum absolute atomic E-state index is 1.09. The molecule has 0 spiro atoms. The number of rotatable bonds is 0. The molecule has 0 aliphatic carbocycles. The van der Waals surface area contributed by atoms with Gasteiger partial charge in [0.2, 0.25) is 0 Å². The Morgan fingerprint density at radius 2 is 1.56 bits per heavy atom. The van der Waals surface area contributed by atoms with Gasteiger partial charge in [-0.2, -0.15) is 0 Å². The van der Waals surface area contributed by atoms with E-state index in [-0.39, 0.29) is 0 Å². The van der Waals surface area contributed by atoms with Crippen LogP contribution in [0.2, 0.25) is 0 Å². The molecule has 0 unspecified atom stereocenters. The Balaban J connectivity index is 0. The molecular weight excluding hydrogens is 276 g/mol. The predicted octanol–water partition coefficient (Wildman–Crippen LogP) is 6.84. The van der Waals surface area contributed by atoms with E-state index in [4.69, 9.17) is 0 Å². The third-order valence-corrected chi connectivity index (χ3v) is 3.42. The normalized spacial score (nSPS) is 7.94. The zero-order valence-corrected chi connectivity index (χ0v) is 14.9. The van der Waals surface area contributed by atoms with Crippen molar-refractivity contribution in [3.8, 4) is 0 Å². The van der Waals surface area contributed by atoms with E-state index in [2.05, 4.69) is 63.9 Å². The summed E-state index contributed by atoms with van der Waals surface area (Å²) < 4.78 is 1.09. The quantitative estimate of drug-likeness (QED) is 0.506. The van der Waals surface area contributed by atoms with Gasteiger partial charge in [-0.3, -0.25) is 0 Å². The molecule has 104 valence electrons. The zero-order valence-electron chi connectivity index (χ0n) is 12.4. The highest BCUT2D eigenvalue weighted by Gasteiger charge is 1.85. The molecule has 0 radical (unpaired) electrons. The van der Waals surface area contributed by atoms with Gasteiger partial charge in [0.15, 0.2) is 0 Å². The van der Waals surface area contributed by atoms with Crippen molar-refractivity contribution in [1.29, 1.82) is 0 Å². The summed E-state index contributed by atoms with van der Waals surface area (Å²) in [6.45, 7) is 12.4. The Morgan fingerprint density at radius 1 is 1.00 bits per heavy atom. The van der Waals surface area contributed by atoms with Gasteiger partial charge in [-0.25, -0.2) is 0 Å². The van der Waals surface area contributed by atoms with Gasteiger partial charge in [0, 0.05) is 9.75 Å². The maximum absolute atomic E-state index is 4.12. The molecule has 0 bridgehead atoms. The molecule has 0 atom stereocenters. The number of hydrogen-bond acceptors (Lipinski definition) is 3. The summed E-state index contributed by atoms with van der Waals surface area (Å²) >= 11 is 7.61. The minimum atomic E-state index is 1.09. The first-order valence-corrected chi connectivity index (χ1v) is 8.50. The van der Waals surface area contributed by atoms with Gasteiger partial charge in [-0.15, -0.1) is 35.3 Å². The highest BCUT2D eigenvalue weighted by molar-refractivity contribution is 7.82. The Morgan fingerprint density at radius 3 is 1.67 bits per heavy atom. The van der Waals surface area contributed by atoms with Crippen LogP contribution in [0.1, 0.15) is 43.9 Å². The van der Waals surface area contributed by atoms with Gasteiger partial charge < -0.3 is 0 Å². The first-order chi connectivity index (χ1) is 8.60. The third kappa shape index (κ3) is 13.8. The van der Waals surface area contributed by atoms with Gasteiger partial charge in [0.05, 0.1) is 4.21 Å². The highest BCUT2D eigenvalue weighted by atomic mass is 32.2. The second-order valence-corrected chi connectivity index (χ2v) is 6.54. The molecule has 0 aliphatic rings. The van der Waals surface area contributed by atoms with E-state index in [1.54, 1.807) is 22.7 Å². The van der Waals surface area contributed by atoms with Crippen molar-refractivity contribution in [2.45, 2.75) is 52.2 Å². The summed E-state index contributed by atoms with van der Waals surface area (Å²) in [6, 6.07) is 8.22. The van der Waals surface area contributed by atoms with E-state index >= 15 is 0 Å². The summed E-state index contributed by atoms with van der Waals surface area (Å²) in [7, 11) is 0. The molecule has 2 aromatic heterocycles. The predicted molar refractivity (Wildman–Crippen MR) is 92.7 cm³/mol. The third-order valence-electron chi connectivity index (χ3n) is 1.39. The van der Waals surface area contributed by atoms with Crippen LogP contribution in [-0.4, -0.2) is 0 Å². The molecule has 0 saturated carbocycles. The van der Waals surface area contributed by atoms with Crippen molar-refractivity contribution >= 4 is 35.3 Å². The lowest BCUT2D eigenvalue weighted by atomic mass is 10.5. The van der Waals surface area contributed by atoms with Crippen molar-refractivity contribution < 1.29 is 0 Å². The van der Waals surface area contributed by atoms with Crippen molar-refractivity contribution in [3.63, 3.8) is 0 Å². The van der Waals surface area contributed by atoms with Crippen LogP contribution in [0.25, 0.3) is 0 Å². The average Bonchev–Trinajstić information content (AvgIpc) is 2.95. The smallest absolute Gasteiger partial charge is 0.0570 e. The SMILES string of the molecule is CC.CCC.Cc1ccc(S)s1.Cc1cccs1. The minimum Gasteiger partial charge on any atom is -0.149 e. The largest absolute Gasteiger partial charge is 0.149 e. The Hall–Kier alpha value is -0.250. The molecule has 0 aromatic carbocycles. The number of thiol groups is 1. The van der Waals surface area contributed by atoms with Gasteiger partial charge >= 0.3 is 0 Å². The van der Waals surface area contributed by atoms with Crippen LogP contribution in [0, 0.1) is 13.8 Å². The van der Waals surface area contributed by atoms with Crippen molar-refractivity contribution in [2.75, 3.05) is 0 Å². The van der Waals surface area contributed by atoms with Crippen LogP contribution in [0.3, 0.4) is 0 Å². The zero-order chi connectivity index (χ0) is 14.4. The van der Waals surface area contributed by atoms with Crippen molar-refractivity contribution in [1.82, 2.24) is 0 Å². The van der Waals surface area contributed by atoms with E-state index in [9.17, 15) is 0 Å².